The maximum atomic E-state index is 4.34. The summed E-state index contributed by atoms with van der Waals surface area (Å²) in [4.78, 5) is 4.34. The Morgan fingerprint density at radius 1 is 0.867 bits per heavy atom. The number of aromatic nitrogens is 1. The van der Waals surface area contributed by atoms with Gasteiger partial charge >= 0.3 is 0 Å². The van der Waals surface area contributed by atoms with E-state index in [1.54, 1.807) is 0 Å². The third-order valence-electron chi connectivity index (χ3n) is 2.68. The van der Waals surface area contributed by atoms with Crippen LogP contribution in [0.2, 0.25) is 0 Å². The molecule has 15 heavy (non-hydrogen) atoms. The molecule has 1 aromatic heterocycles. The van der Waals surface area contributed by atoms with Gasteiger partial charge in [0.05, 0.1) is 0 Å². The lowest BCUT2D eigenvalue weighted by atomic mass is 9.97. The van der Waals surface area contributed by atoms with E-state index >= 15 is 0 Å². The van der Waals surface area contributed by atoms with Crippen LogP contribution in [0, 0.1) is 20.8 Å². The second-order valence-electron chi connectivity index (χ2n) is 3.96. The van der Waals surface area contributed by atoms with E-state index in [9.17, 15) is 0 Å². The second kappa shape index (κ2) is 3.85. The lowest BCUT2D eigenvalue weighted by molar-refractivity contribution is 1.20. The molecular formula is C14H15N. The second-order valence-corrected chi connectivity index (χ2v) is 3.96. The zero-order chi connectivity index (χ0) is 10.8. The van der Waals surface area contributed by atoms with Gasteiger partial charge in [-0.05, 0) is 43.5 Å². The summed E-state index contributed by atoms with van der Waals surface area (Å²) in [6, 6.07) is 10.6. The van der Waals surface area contributed by atoms with Crippen molar-refractivity contribution in [1.82, 2.24) is 4.98 Å². The molecule has 0 amide bonds. The molecule has 1 heteroatoms. The molecule has 0 aliphatic carbocycles. The highest BCUT2D eigenvalue weighted by Crippen LogP contribution is 2.26. The molecule has 1 nitrogen and oxygen atoms in total. The average molecular weight is 197 g/mol. The van der Waals surface area contributed by atoms with Gasteiger partial charge in [-0.15, -0.1) is 0 Å². The number of hydrogen-bond donors (Lipinski definition) is 0. The van der Waals surface area contributed by atoms with Crippen LogP contribution in [0.15, 0.2) is 36.5 Å². The van der Waals surface area contributed by atoms with Crippen LogP contribution in [0.5, 0.6) is 0 Å². The third-order valence-corrected chi connectivity index (χ3v) is 2.68. The number of aryl methyl sites for hydroxylation is 3. The van der Waals surface area contributed by atoms with Gasteiger partial charge in [0, 0.05) is 17.5 Å². The summed E-state index contributed by atoms with van der Waals surface area (Å²) >= 11 is 0. The number of pyridine rings is 1. The monoisotopic (exact) mass is 197 g/mol. The van der Waals surface area contributed by atoms with Crippen LogP contribution in [0.3, 0.4) is 0 Å². The molecule has 76 valence electrons. The van der Waals surface area contributed by atoms with Crippen molar-refractivity contribution in [3.05, 3.63) is 53.3 Å². The highest BCUT2D eigenvalue weighted by atomic mass is 14.7. The maximum Gasteiger partial charge on any atom is 0.0373 e. The Morgan fingerprint density at radius 3 is 2.07 bits per heavy atom. The van der Waals surface area contributed by atoms with Gasteiger partial charge in [-0.2, -0.15) is 0 Å². The van der Waals surface area contributed by atoms with Crippen molar-refractivity contribution in [1.29, 1.82) is 0 Å². The van der Waals surface area contributed by atoms with Crippen molar-refractivity contribution < 1.29 is 0 Å². The quantitative estimate of drug-likeness (QED) is 0.679. The number of benzene rings is 1. The van der Waals surface area contributed by atoms with Crippen LogP contribution in [0.4, 0.5) is 0 Å². The highest BCUT2D eigenvalue weighted by molar-refractivity contribution is 5.69. The molecule has 0 saturated heterocycles. The summed E-state index contributed by atoms with van der Waals surface area (Å²) in [6.45, 7) is 6.29. The van der Waals surface area contributed by atoms with Crippen molar-refractivity contribution in [2.24, 2.45) is 0 Å². The van der Waals surface area contributed by atoms with E-state index in [1.165, 1.54) is 22.3 Å². The number of hydrogen-bond acceptors (Lipinski definition) is 1. The summed E-state index contributed by atoms with van der Waals surface area (Å²) in [7, 11) is 0. The zero-order valence-corrected chi connectivity index (χ0v) is 9.41. The van der Waals surface area contributed by atoms with Gasteiger partial charge < -0.3 is 0 Å². The van der Waals surface area contributed by atoms with Crippen molar-refractivity contribution in [2.75, 3.05) is 0 Å². The Hall–Kier alpha value is -1.63. The van der Waals surface area contributed by atoms with Gasteiger partial charge in [-0.3, -0.25) is 4.98 Å². The number of nitrogens with zero attached hydrogens (tertiary/aromatic N) is 1. The molecule has 0 atom stereocenters. The van der Waals surface area contributed by atoms with Crippen molar-refractivity contribution in [2.45, 2.75) is 20.8 Å². The largest absolute Gasteiger partial charge is 0.261 e. The fourth-order valence-electron chi connectivity index (χ4n) is 1.89. The lowest BCUT2D eigenvalue weighted by Crippen LogP contribution is -1.89. The molecule has 1 heterocycles. The Balaban J connectivity index is 2.58. The van der Waals surface area contributed by atoms with Crippen LogP contribution in [-0.2, 0) is 0 Å². The van der Waals surface area contributed by atoms with E-state index in [4.69, 9.17) is 0 Å². The highest BCUT2D eigenvalue weighted by Gasteiger charge is 2.04. The Kier molecular flexibility index (Phi) is 2.55. The van der Waals surface area contributed by atoms with Crippen LogP contribution in [0.1, 0.15) is 16.8 Å². The summed E-state index contributed by atoms with van der Waals surface area (Å²) in [5.41, 5.74) is 6.19. The first-order valence-electron chi connectivity index (χ1n) is 5.18. The van der Waals surface area contributed by atoms with Gasteiger partial charge in [0.1, 0.15) is 0 Å². The Bertz CT molecular complexity index is 449. The summed E-state index contributed by atoms with van der Waals surface area (Å²) < 4.78 is 0. The predicted molar refractivity (Wildman–Crippen MR) is 63.9 cm³/mol. The minimum Gasteiger partial charge on any atom is -0.261 e. The molecule has 0 spiro atoms. The molecule has 0 saturated carbocycles. The maximum absolute atomic E-state index is 4.34. The molecule has 2 rings (SSSR count). The summed E-state index contributed by atoms with van der Waals surface area (Å²) in [6.07, 6.45) is 1.95. The fourth-order valence-corrected chi connectivity index (χ4v) is 1.89. The van der Waals surface area contributed by atoms with E-state index in [0.717, 1.165) is 5.69 Å². The Morgan fingerprint density at radius 2 is 1.53 bits per heavy atom. The minimum atomic E-state index is 1.06. The summed E-state index contributed by atoms with van der Waals surface area (Å²) in [5, 5.41) is 0. The van der Waals surface area contributed by atoms with Crippen LogP contribution >= 0.6 is 0 Å². The average Bonchev–Trinajstić information content (AvgIpc) is 2.20. The van der Waals surface area contributed by atoms with Gasteiger partial charge in [-0.1, -0.05) is 24.3 Å². The van der Waals surface area contributed by atoms with Gasteiger partial charge in [0.25, 0.3) is 0 Å². The van der Waals surface area contributed by atoms with Gasteiger partial charge in [0.2, 0.25) is 0 Å². The van der Waals surface area contributed by atoms with Crippen molar-refractivity contribution in [3.8, 4) is 11.1 Å². The summed E-state index contributed by atoms with van der Waals surface area (Å²) in [5.74, 6) is 0. The van der Waals surface area contributed by atoms with Gasteiger partial charge in [-0.25, -0.2) is 0 Å². The first-order valence-corrected chi connectivity index (χ1v) is 5.18. The van der Waals surface area contributed by atoms with E-state index in [-0.39, 0.29) is 0 Å². The molecule has 0 fully saturated rings. The minimum absolute atomic E-state index is 1.06. The topological polar surface area (TPSA) is 12.9 Å². The molecule has 0 unspecified atom stereocenters. The molecule has 0 bridgehead atoms. The van der Waals surface area contributed by atoms with E-state index < -0.39 is 0 Å². The molecule has 1 aromatic carbocycles. The first kappa shape index (κ1) is 9.91. The predicted octanol–water partition coefficient (Wildman–Crippen LogP) is 3.67. The van der Waals surface area contributed by atoms with E-state index in [2.05, 4.69) is 49.2 Å². The van der Waals surface area contributed by atoms with E-state index in [1.807, 2.05) is 13.1 Å². The molecular weight excluding hydrogens is 182 g/mol. The van der Waals surface area contributed by atoms with Crippen LogP contribution < -0.4 is 0 Å². The Labute approximate surface area is 90.8 Å². The normalized spacial score (nSPS) is 10.3. The standard InChI is InChI=1S/C14H15N/c1-10-5-4-6-11(2)14(10)13-8-7-12(3)15-9-13/h4-9H,1-3H3. The van der Waals surface area contributed by atoms with Crippen LogP contribution in [-0.4, -0.2) is 4.98 Å². The molecule has 2 aromatic rings. The lowest BCUT2D eigenvalue weighted by Gasteiger charge is -2.09. The van der Waals surface area contributed by atoms with Gasteiger partial charge in [0.15, 0.2) is 0 Å². The van der Waals surface area contributed by atoms with E-state index in [0.29, 0.717) is 0 Å². The van der Waals surface area contributed by atoms with Crippen molar-refractivity contribution >= 4 is 0 Å². The fraction of sp³-hybridized carbons (Fsp3) is 0.214. The molecule has 0 aliphatic rings. The first-order chi connectivity index (χ1) is 7.18. The third kappa shape index (κ3) is 1.91. The molecule has 0 aliphatic heterocycles. The number of rotatable bonds is 1. The van der Waals surface area contributed by atoms with Crippen LogP contribution in [0.25, 0.3) is 11.1 Å². The smallest absolute Gasteiger partial charge is 0.0373 e. The SMILES string of the molecule is Cc1ccc(-c2c(C)cccc2C)cn1. The zero-order valence-electron chi connectivity index (χ0n) is 9.41. The molecule has 0 N–H and O–H groups in total. The molecule has 0 radical (unpaired) electrons. The van der Waals surface area contributed by atoms with Crippen molar-refractivity contribution in [3.63, 3.8) is 0 Å².